The Morgan fingerprint density at radius 3 is 2.56 bits per heavy atom. The molecule has 0 aliphatic heterocycles. The first-order valence-corrected chi connectivity index (χ1v) is 18.1. The van der Waals surface area contributed by atoms with Crippen molar-refractivity contribution in [1.82, 2.24) is 0 Å². The third-order valence-corrected chi connectivity index (χ3v) is 15.9. The van der Waals surface area contributed by atoms with Crippen LogP contribution in [-0.4, -0.2) is 31.1 Å². The maximum absolute atomic E-state index is 11.6. The molecule has 1 aromatic carbocycles. The summed E-state index contributed by atoms with van der Waals surface area (Å²) in [6.07, 6.45) is 11.8. The zero-order chi connectivity index (χ0) is 28.8. The number of hydrogen-bond acceptors (Lipinski definition) is 3. The summed E-state index contributed by atoms with van der Waals surface area (Å²) in [6.45, 7) is 19.9. The van der Waals surface area contributed by atoms with E-state index in [1.165, 1.54) is 37.7 Å². The summed E-state index contributed by atoms with van der Waals surface area (Å²) in [4.78, 5) is 11.6. The minimum atomic E-state index is -1.86. The molecule has 7 unspecified atom stereocenters. The number of benzene rings is 1. The van der Waals surface area contributed by atoms with Crippen molar-refractivity contribution in [2.24, 2.45) is 35.0 Å². The highest BCUT2D eigenvalue weighted by Gasteiger charge is 2.56. The molecule has 2 fully saturated rings. The zero-order valence-corrected chi connectivity index (χ0v) is 26.4. The van der Waals surface area contributed by atoms with Gasteiger partial charge in [0.15, 0.2) is 0 Å². The van der Waals surface area contributed by atoms with Crippen molar-refractivity contribution >= 4 is 14.3 Å². The summed E-state index contributed by atoms with van der Waals surface area (Å²) >= 11 is 0. The lowest BCUT2D eigenvalue weighted by Gasteiger charge is -2.52. The van der Waals surface area contributed by atoms with E-state index in [1.54, 1.807) is 5.56 Å². The van der Waals surface area contributed by atoms with E-state index in [4.69, 9.17) is 4.43 Å². The molecule has 0 saturated heterocycles. The number of carboxylic acids is 1. The van der Waals surface area contributed by atoms with Gasteiger partial charge in [-0.1, -0.05) is 52.8 Å². The van der Waals surface area contributed by atoms with Gasteiger partial charge in [0.2, 0.25) is 8.32 Å². The van der Waals surface area contributed by atoms with Crippen LogP contribution in [0.25, 0.3) is 0 Å². The molecule has 4 rings (SSSR count). The fraction of sp³-hybridized carbons (Fsp3) is 0.676. The Hall–Kier alpha value is -1.85. The second-order valence-corrected chi connectivity index (χ2v) is 19.3. The van der Waals surface area contributed by atoms with Crippen LogP contribution in [0, 0.1) is 35.0 Å². The van der Waals surface area contributed by atoms with Gasteiger partial charge >= 0.3 is 5.97 Å². The summed E-state index contributed by atoms with van der Waals surface area (Å²) in [5.41, 5.74) is 3.45. The number of aryl methyl sites for hydroxylation is 1. The molecule has 2 N–H and O–H groups in total. The summed E-state index contributed by atoms with van der Waals surface area (Å²) in [5.74, 6) is 3.10. The molecule has 0 amide bonds. The van der Waals surface area contributed by atoms with Crippen molar-refractivity contribution < 1.29 is 19.4 Å². The molecule has 2 saturated carbocycles. The van der Waals surface area contributed by atoms with Crippen LogP contribution in [0.4, 0.5) is 0 Å². The van der Waals surface area contributed by atoms with Crippen molar-refractivity contribution in [3.63, 3.8) is 0 Å². The molecular formula is C34H52O4Si. The lowest BCUT2D eigenvalue weighted by molar-refractivity contribution is -0.133. The van der Waals surface area contributed by atoms with E-state index < -0.39 is 20.9 Å². The Balaban J connectivity index is 1.54. The molecule has 0 aromatic heterocycles. The quantitative estimate of drug-likeness (QED) is 0.183. The number of rotatable bonds is 9. The summed E-state index contributed by atoms with van der Waals surface area (Å²) in [7, 11) is -1.86. The smallest absolute Gasteiger partial charge is 0.333 e. The standard InChI is InChI=1S/C34H52O4Si/c1-9-10-23(19-25(21-35)32(36)37)22(2)30-15-16-31-29-13-11-24-20-26(38-39(7,8)33(3,4)5)12-14-27(24)28(29)17-18-34(30,31)6/h9,12,14,19-20,22-23,28-31,35H,1,10-11,13,15-18,21H2,2-8H3,(H,36,37). The van der Waals surface area contributed by atoms with Crippen molar-refractivity contribution in [3.8, 4) is 5.75 Å². The van der Waals surface area contributed by atoms with E-state index in [9.17, 15) is 15.0 Å². The Morgan fingerprint density at radius 2 is 1.95 bits per heavy atom. The average Bonchev–Trinajstić information content (AvgIpc) is 3.21. The van der Waals surface area contributed by atoms with E-state index in [0.29, 0.717) is 23.7 Å². The van der Waals surface area contributed by atoms with Crippen LogP contribution in [-0.2, 0) is 11.2 Å². The summed E-state index contributed by atoms with van der Waals surface area (Å²) in [6, 6.07) is 6.98. The van der Waals surface area contributed by atoms with Gasteiger partial charge in [-0.25, -0.2) is 4.79 Å². The minimum Gasteiger partial charge on any atom is -0.543 e. The molecule has 3 aliphatic rings. The van der Waals surface area contributed by atoms with Crippen LogP contribution < -0.4 is 4.43 Å². The van der Waals surface area contributed by atoms with E-state index in [2.05, 4.69) is 72.5 Å². The number of aliphatic hydroxyl groups excluding tert-OH is 1. The molecule has 216 valence electrons. The van der Waals surface area contributed by atoms with Gasteiger partial charge in [0, 0.05) is 0 Å². The van der Waals surface area contributed by atoms with Gasteiger partial charge in [0.05, 0.1) is 12.2 Å². The molecule has 39 heavy (non-hydrogen) atoms. The second kappa shape index (κ2) is 11.2. The second-order valence-electron chi connectivity index (χ2n) is 14.6. The molecule has 0 heterocycles. The highest BCUT2D eigenvalue weighted by molar-refractivity contribution is 6.74. The number of aliphatic hydroxyl groups is 1. The molecule has 1 aromatic rings. The molecule has 7 atom stereocenters. The third kappa shape index (κ3) is 5.68. The first kappa shape index (κ1) is 30.1. The predicted molar refractivity (Wildman–Crippen MR) is 163 cm³/mol. The van der Waals surface area contributed by atoms with Crippen LogP contribution in [0.2, 0.25) is 18.1 Å². The molecule has 4 nitrogen and oxygen atoms in total. The van der Waals surface area contributed by atoms with E-state index in [0.717, 1.165) is 24.5 Å². The van der Waals surface area contributed by atoms with Gasteiger partial charge in [-0.05, 0) is 127 Å². The van der Waals surface area contributed by atoms with Gasteiger partial charge in [-0.2, -0.15) is 0 Å². The Bertz CT molecular complexity index is 1100. The number of aliphatic carboxylic acids is 1. The third-order valence-electron chi connectivity index (χ3n) is 11.6. The van der Waals surface area contributed by atoms with Crippen LogP contribution in [0.5, 0.6) is 5.75 Å². The zero-order valence-electron chi connectivity index (χ0n) is 25.4. The summed E-state index contributed by atoms with van der Waals surface area (Å²) < 4.78 is 6.66. The number of fused-ring (bicyclic) bond motifs is 5. The van der Waals surface area contributed by atoms with Crippen LogP contribution >= 0.6 is 0 Å². The molecule has 0 spiro atoms. The fourth-order valence-corrected chi connectivity index (χ4v) is 9.37. The van der Waals surface area contributed by atoms with E-state index in [-0.39, 0.29) is 21.9 Å². The van der Waals surface area contributed by atoms with Crippen LogP contribution in [0.1, 0.15) is 90.2 Å². The SMILES string of the molecule is C=CCC(C=C(CO)C(=O)O)C(C)C1CCC2C3CCc4cc(O[Si](C)(C)C(C)(C)C)ccc4C3CCC12C. The average molecular weight is 553 g/mol. The lowest BCUT2D eigenvalue weighted by Crippen LogP contribution is -2.44. The van der Waals surface area contributed by atoms with Gasteiger partial charge in [-0.15, -0.1) is 6.58 Å². The van der Waals surface area contributed by atoms with Gasteiger partial charge in [0.1, 0.15) is 5.75 Å². The Kier molecular flexibility index (Phi) is 8.65. The number of carboxylic acid groups (broad SMARTS) is 1. The first-order chi connectivity index (χ1) is 18.2. The predicted octanol–water partition coefficient (Wildman–Crippen LogP) is 8.37. The van der Waals surface area contributed by atoms with E-state index in [1.807, 2.05) is 12.2 Å². The fourth-order valence-electron chi connectivity index (χ4n) is 8.35. The van der Waals surface area contributed by atoms with Crippen molar-refractivity contribution in [2.45, 2.75) is 104 Å². The monoisotopic (exact) mass is 552 g/mol. The Labute approximate surface area is 238 Å². The summed E-state index contributed by atoms with van der Waals surface area (Å²) in [5, 5.41) is 19.4. The molecule has 3 aliphatic carbocycles. The normalized spacial score (nSPS) is 30.5. The highest BCUT2D eigenvalue weighted by Crippen LogP contribution is 2.65. The maximum Gasteiger partial charge on any atom is 0.333 e. The topological polar surface area (TPSA) is 66.8 Å². The number of hydrogen-bond donors (Lipinski definition) is 2. The molecule has 0 bridgehead atoms. The molecule has 0 radical (unpaired) electrons. The number of carbonyl (C=O) groups is 1. The minimum absolute atomic E-state index is 0.0884. The maximum atomic E-state index is 11.6. The highest BCUT2D eigenvalue weighted by atomic mass is 28.4. The molecule has 5 heteroatoms. The Morgan fingerprint density at radius 1 is 1.23 bits per heavy atom. The van der Waals surface area contributed by atoms with E-state index >= 15 is 0 Å². The van der Waals surface area contributed by atoms with Gasteiger partial charge in [0.25, 0.3) is 0 Å². The van der Waals surface area contributed by atoms with Gasteiger partial charge < -0.3 is 14.6 Å². The van der Waals surface area contributed by atoms with Crippen molar-refractivity contribution in [3.05, 3.63) is 53.6 Å². The lowest BCUT2D eigenvalue weighted by atomic mass is 9.52. The first-order valence-electron chi connectivity index (χ1n) is 15.2. The van der Waals surface area contributed by atoms with Crippen LogP contribution in [0.15, 0.2) is 42.5 Å². The van der Waals surface area contributed by atoms with Gasteiger partial charge in [-0.3, -0.25) is 0 Å². The largest absolute Gasteiger partial charge is 0.543 e. The number of allylic oxidation sites excluding steroid dienone is 2. The van der Waals surface area contributed by atoms with Crippen LogP contribution in [0.3, 0.4) is 0 Å². The van der Waals surface area contributed by atoms with Crippen molar-refractivity contribution in [2.75, 3.05) is 6.61 Å². The van der Waals surface area contributed by atoms with Crippen molar-refractivity contribution in [1.29, 1.82) is 0 Å². The molecular weight excluding hydrogens is 500 g/mol.